The Kier molecular flexibility index (Phi) is 30.8. The molecule has 0 aromatic rings. The third kappa shape index (κ3) is 9550. The van der Waals surface area contributed by atoms with Gasteiger partial charge in [-0.25, -0.2) is 13.6 Å². The first-order chi connectivity index (χ1) is 3.15. The first-order valence-electron chi connectivity index (χ1n) is 1.19. The van der Waals surface area contributed by atoms with E-state index in [-0.39, 0.29) is 29.6 Å². The van der Waals surface area contributed by atoms with Crippen molar-refractivity contribution in [2.75, 3.05) is 6.93 Å². The van der Waals surface area contributed by atoms with E-state index >= 15 is 0 Å². The van der Waals surface area contributed by atoms with Gasteiger partial charge in [-0.1, -0.05) is 0 Å². The summed E-state index contributed by atoms with van der Waals surface area (Å²) >= 11 is 0. The van der Waals surface area contributed by atoms with Gasteiger partial charge >= 0.3 is 35.7 Å². The van der Waals surface area contributed by atoms with Crippen molar-refractivity contribution < 1.29 is 23.8 Å². The molecule has 0 rings (SSSR count). The van der Waals surface area contributed by atoms with Gasteiger partial charge in [0.25, 0.3) is 0 Å². The summed E-state index contributed by atoms with van der Waals surface area (Å²) in [5.41, 5.74) is 0. The van der Waals surface area contributed by atoms with Gasteiger partial charge in [0.2, 0.25) is 6.93 Å². The Labute approximate surface area is 66.6 Å². The number of carbonyl (C=O) groups is 1. The van der Waals surface area contributed by atoms with Crippen molar-refractivity contribution in [2.45, 2.75) is 0 Å². The van der Waals surface area contributed by atoms with Crippen LogP contribution in [0.3, 0.4) is 0 Å². The van der Waals surface area contributed by atoms with Gasteiger partial charge in [0.1, 0.15) is 0 Å². The molecule has 0 radical (unpaired) electrons. The molecule has 46 valence electrons. The van der Waals surface area contributed by atoms with Crippen LogP contribution in [-0.2, 0) is 0 Å². The molecule has 0 spiro atoms. The van der Waals surface area contributed by atoms with Crippen LogP contribution in [0.25, 0.3) is 0 Å². The summed E-state index contributed by atoms with van der Waals surface area (Å²) in [6.45, 7) is -1.75. The minimum atomic E-state index is -1.83. The molecule has 0 aliphatic heterocycles. The molecule has 0 aromatic carbocycles. The van der Waals surface area contributed by atoms with Crippen molar-refractivity contribution in [2.24, 2.45) is 0 Å². The van der Waals surface area contributed by atoms with Crippen molar-refractivity contribution in [1.82, 2.24) is 0 Å². The predicted octanol–water partition coefficient (Wildman–Crippen LogP) is 0.457. The third-order valence-electron chi connectivity index (χ3n) is 0. The van der Waals surface area contributed by atoms with Gasteiger partial charge in [0.15, 0.2) is 0 Å². The summed E-state index contributed by atoms with van der Waals surface area (Å²) in [5.74, 6) is 0. The molecule has 8 heavy (non-hydrogen) atoms. The van der Waals surface area contributed by atoms with Crippen LogP contribution in [0.5, 0.6) is 0 Å². The number of halogens is 2. The molecule has 0 fully saturated rings. The summed E-state index contributed by atoms with van der Waals surface area (Å²) in [6.07, 6.45) is -1.83. The van der Waals surface area contributed by atoms with Crippen LogP contribution in [0.15, 0.2) is 0 Å². The molecule has 0 saturated carbocycles. The number of carboxylic acid groups (broad SMARTS) is 2. The van der Waals surface area contributed by atoms with E-state index in [1.54, 1.807) is 0 Å². The van der Waals surface area contributed by atoms with Gasteiger partial charge in [-0.2, -0.15) is 0 Å². The van der Waals surface area contributed by atoms with Crippen LogP contribution in [-0.4, -0.2) is 52.9 Å². The van der Waals surface area contributed by atoms with Crippen LogP contribution in [0, 0.1) is 0 Å². The van der Waals surface area contributed by atoms with Crippen LogP contribution >= 0.6 is 0 Å². The zero-order valence-corrected chi connectivity index (χ0v) is 3.27. The molecule has 2 N–H and O–H groups in total. The van der Waals surface area contributed by atoms with Gasteiger partial charge in [-0.05, 0) is 0 Å². The molecule has 0 aliphatic rings. The number of hydrogen-bond acceptors (Lipinski definition) is 1. The van der Waals surface area contributed by atoms with E-state index in [1.807, 2.05) is 0 Å². The summed E-state index contributed by atoms with van der Waals surface area (Å²) < 4.78 is 19.2. The van der Waals surface area contributed by atoms with Crippen LogP contribution in [0.4, 0.5) is 13.6 Å². The SMILES string of the molecule is FCF.O=C(O)O.[NaH]. The zero-order valence-electron chi connectivity index (χ0n) is 3.27. The topological polar surface area (TPSA) is 57.5 Å². The monoisotopic (exact) mass is 138 g/mol. The van der Waals surface area contributed by atoms with Crippen molar-refractivity contribution >= 4 is 35.7 Å². The predicted molar refractivity (Wildman–Crippen MR) is 24.9 cm³/mol. The fourth-order valence-corrected chi connectivity index (χ4v) is 0. The molecular weight excluding hydrogens is 133 g/mol. The normalized spacial score (nSPS) is 5.25. The molecular formula is C2H5F2NaO3. The number of alkyl halides is 2. The van der Waals surface area contributed by atoms with Crippen LogP contribution < -0.4 is 0 Å². The van der Waals surface area contributed by atoms with E-state index in [0.717, 1.165) is 0 Å². The van der Waals surface area contributed by atoms with Gasteiger partial charge in [-0.15, -0.1) is 0 Å². The minimum absolute atomic E-state index is 0. The Bertz CT molecular complexity index is 46.5. The van der Waals surface area contributed by atoms with E-state index in [0.29, 0.717) is 0 Å². The molecule has 0 aliphatic carbocycles. The average Bonchev–Trinajstić information content (AvgIpc) is 1.33. The van der Waals surface area contributed by atoms with Crippen LogP contribution in [0.1, 0.15) is 0 Å². The van der Waals surface area contributed by atoms with Crippen molar-refractivity contribution in [3.05, 3.63) is 0 Å². The molecule has 0 aromatic heterocycles. The quantitative estimate of drug-likeness (QED) is 0.478. The van der Waals surface area contributed by atoms with Gasteiger partial charge in [0, 0.05) is 0 Å². The van der Waals surface area contributed by atoms with Crippen molar-refractivity contribution in [1.29, 1.82) is 0 Å². The standard InChI is InChI=1S/CH2F2.CH2O3.Na.H/c2-1-3;2-1(3)4;;/h1H2;(H2,2,3,4);;. The molecule has 0 unspecified atom stereocenters. The third-order valence-corrected chi connectivity index (χ3v) is 0. The summed E-state index contributed by atoms with van der Waals surface area (Å²) in [4.78, 5) is 8.56. The number of rotatable bonds is 0. The Morgan fingerprint density at radius 1 is 1.38 bits per heavy atom. The van der Waals surface area contributed by atoms with Gasteiger partial charge < -0.3 is 10.2 Å². The summed E-state index contributed by atoms with van der Waals surface area (Å²) in [5, 5.41) is 13.9. The molecule has 0 saturated heterocycles. The summed E-state index contributed by atoms with van der Waals surface area (Å²) in [6, 6.07) is 0. The first kappa shape index (κ1) is 15.7. The van der Waals surface area contributed by atoms with Crippen molar-refractivity contribution in [3.63, 3.8) is 0 Å². The second-order valence-corrected chi connectivity index (χ2v) is 0.384. The fraction of sp³-hybridized carbons (Fsp3) is 0.500. The van der Waals surface area contributed by atoms with Gasteiger partial charge in [-0.3, -0.25) is 0 Å². The van der Waals surface area contributed by atoms with E-state index < -0.39 is 13.1 Å². The molecule has 0 bridgehead atoms. The van der Waals surface area contributed by atoms with Crippen molar-refractivity contribution in [3.8, 4) is 0 Å². The molecule has 0 heterocycles. The fourth-order valence-electron chi connectivity index (χ4n) is 0. The zero-order chi connectivity index (χ0) is 6.28. The van der Waals surface area contributed by atoms with Gasteiger partial charge in [0.05, 0.1) is 0 Å². The maximum atomic E-state index is 9.62. The Morgan fingerprint density at radius 2 is 1.38 bits per heavy atom. The molecule has 3 nitrogen and oxygen atoms in total. The Morgan fingerprint density at radius 3 is 1.38 bits per heavy atom. The van der Waals surface area contributed by atoms with E-state index in [1.165, 1.54) is 0 Å². The van der Waals surface area contributed by atoms with E-state index in [4.69, 9.17) is 15.0 Å². The molecule has 0 atom stereocenters. The number of hydrogen-bond donors (Lipinski definition) is 2. The molecule has 6 heteroatoms. The Hall–Kier alpha value is 0.130. The van der Waals surface area contributed by atoms with E-state index in [2.05, 4.69) is 0 Å². The first-order valence-corrected chi connectivity index (χ1v) is 1.19. The Balaban J connectivity index is -0.0000000575. The maximum absolute atomic E-state index is 9.62. The second-order valence-electron chi connectivity index (χ2n) is 0.384. The average molecular weight is 138 g/mol. The summed E-state index contributed by atoms with van der Waals surface area (Å²) in [7, 11) is 0. The van der Waals surface area contributed by atoms with Crippen LogP contribution in [0.2, 0.25) is 0 Å². The van der Waals surface area contributed by atoms with E-state index in [9.17, 15) is 8.78 Å². The molecule has 0 amide bonds. The second kappa shape index (κ2) is 15.7.